The highest BCUT2D eigenvalue weighted by atomic mass is 15.2. The highest BCUT2D eigenvalue weighted by Gasteiger charge is 2.35. The van der Waals surface area contributed by atoms with Crippen LogP contribution in [-0.2, 0) is 5.41 Å². The van der Waals surface area contributed by atoms with Gasteiger partial charge in [-0.15, -0.1) is 0 Å². The third-order valence-corrected chi connectivity index (χ3v) is 10.0. The number of H-pyrrole nitrogens is 1. The molecule has 0 atom stereocenters. The predicted octanol–water partition coefficient (Wildman–Crippen LogP) is 10.2. The van der Waals surface area contributed by atoms with E-state index >= 15 is 0 Å². The maximum absolute atomic E-state index is 5.28. The molecule has 6 aromatic carbocycles. The lowest BCUT2D eigenvalue weighted by atomic mass is 9.82. The standard InChI is InChI=1S/C42H29N5/c1-42(2)33-17-9-6-14-27(33)28-21-20-26(24-34(28)42)40-44-39(25-12-4-3-5-13-25)45-41(46-40)47-36-19-11-8-16-30(36)32-23-22-31-29-15-7-10-18-35(29)43-37(31)38(32)47/h3-24,43H,1-2H3. The van der Waals surface area contributed by atoms with Crippen LogP contribution in [-0.4, -0.2) is 24.5 Å². The maximum atomic E-state index is 5.28. The van der Waals surface area contributed by atoms with Gasteiger partial charge in [-0.2, -0.15) is 9.97 Å². The molecule has 1 aliphatic rings. The van der Waals surface area contributed by atoms with Crippen LogP contribution < -0.4 is 0 Å². The Morgan fingerprint density at radius 3 is 2.09 bits per heavy atom. The molecule has 0 radical (unpaired) electrons. The van der Waals surface area contributed by atoms with Gasteiger partial charge >= 0.3 is 0 Å². The molecule has 5 nitrogen and oxygen atoms in total. The van der Waals surface area contributed by atoms with Crippen LogP contribution in [0.25, 0.3) is 83.5 Å². The molecule has 0 amide bonds. The summed E-state index contributed by atoms with van der Waals surface area (Å²) in [6, 6.07) is 47.1. The maximum Gasteiger partial charge on any atom is 0.238 e. The zero-order valence-electron chi connectivity index (χ0n) is 26.0. The van der Waals surface area contributed by atoms with E-state index in [0.29, 0.717) is 17.6 Å². The molecule has 0 aliphatic heterocycles. The lowest BCUT2D eigenvalue weighted by Gasteiger charge is -2.21. The predicted molar refractivity (Wildman–Crippen MR) is 192 cm³/mol. The van der Waals surface area contributed by atoms with E-state index in [-0.39, 0.29) is 5.41 Å². The molecule has 222 valence electrons. The van der Waals surface area contributed by atoms with Crippen molar-refractivity contribution in [3.8, 4) is 39.9 Å². The average molecular weight is 604 g/mol. The van der Waals surface area contributed by atoms with Gasteiger partial charge in [0.1, 0.15) is 0 Å². The molecule has 0 fully saturated rings. The van der Waals surface area contributed by atoms with Gasteiger partial charge in [0.15, 0.2) is 11.6 Å². The molecule has 0 saturated heterocycles. The number of nitrogens with zero attached hydrogens (tertiary/aromatic N) is 4. The SMILES string of the molecule is CC1(C)c2ccccc2-c2ccc(-c3nc(-c4ccccc4)nc(-n4c5ccccc5c5ccc6c7ccccc7[nH]c6c54)n3)cc21. The quantitative estimate of drug-likeness (QED) is 0.219. The first-order valence-electron chi connectivity index (χ1n) is 16.1. The molecular weight excluding hydrogens is 574 g/mol. The molecule has 3 heterocycles. The molecule has 9 aromatic rings. The van der Waals surface area contributed by atoms with Gasteiger partial charge in [-0.3, -0.25) is 4.57 Å². The van der Waals surface area contributed by atoms with Gasteiger partial charge in [0.2, 0.25) is 5.95 Å². The first-order chi connectivity index (χ1) is 23.1. The summed E-state index contributed by atoms with van der Waals surface area (Å²) in [5.74, 6) is 1.89. The highest BCUT2D eigenvalue weighted by molar-refractivity contribution is 6.22. The minimum absolute atomic E-state index is 0.131. The lowest BCUT2D eigenvalue weighted by Crippen LogP contribution is -2.15. The van der Waals surface area contributed by atoms with Crippen molar-refractivity contribution in [2.24, 2.45) is 0 Å². The van der Waals surface area contributed by atoms with Gasteiger partial charge in [-0.1, -0.05) is 129 Å². The number of benzene rings is 6. The van der Waals surface area contributed by atoms with Crippen molar-refractivity contribution in [1.82, 2.24) is 24.5 Å². The number of nitrogens with one attached hydrogen (secondary N) is 1. The fourth-order valence-corrected chi connectivity index (χ4v) is 7.73. The Balaban J connectivity index is 1.28. The number of hydrogen-bond acceptors (Lipinski definition) is 3. The second-order valence-electron chi connectivity index (χ2n) is 13.0. The van der Waals surface area contributed by atoms with Gasteiger partial charge < -0.3 is 4.98 Å². The normalized spacial score (nSPS) is 13.5. The summed E-state index contributed by atoms with van der Waals surface area (Å²) in [6.45, 7) is 4.61. The van der Waals surface area contributed by atoms with Gasteiger partial charge in [0.25, 0.3) is 0 Å². The van der Waals surface area contributed by atoms with Crippen molar-refractivity contribution in [3.05, 3.63) is 145 Å². The Morgan fingerprint density at radius 2 is 1.21 bits per heavy atom. The van der Waals surface area contributed by atoms with Crippen LogP contribution >= 0.6 is 0 Å². The number of aromatic amines is 1. The minimum atomic E-state index is -0.131. The zero-order chi connectivity index (χ0) is 31.3. The molecule has 0 saturated carbocycles. The van der Waals surface area contributed by atoms with Crippen LogP contribution in [0.4, 0.5) is 0 Å². The lowest BCUT2D eigenvalue weighted by molar-refractivity contribution is 0.660. The third-order valence-electron chi connectivity index (χ3n) is 10.0. The highest BCUT2D eigenvalue weighted by Crippen LogP contribution is 2.49. The molecule has 47 heavy (non-hydrogen) atoms. The van der Waals surface area contributed by atoms with Crippen molar-refractivity contribution in [3.63, 3.8) is 0 Å². The fraction of sp³-hybridized carbons (Fsp3) is 0.0714. The molecular formula is C42H29N5. The van der Waals surface area contributed by atoms with Crippen molar-refractivity contribution in [1.29, 1.82) is 0 Å². The van der Waals surface area contributed by atoms with Gasteiger partial charge in [-0.05, 0) is 40.5 Å². The molecule has 0 unspecified atom stereocenters. The zero-order valence-corrected chi connectivity index (χ0v) is 26.0. The number of rotatable bonds is 3. The molecule has 1 aliphatic carbocycles. The van der Waals surface area contributed by atoms with Crippen LogP contribution in [0.15, 0.2) is 133 Å². The fourth-order valence-electron chi connectivity index (χ4n) is 7.73. The van der Waals surface area contributed by atoms with E-state index in [1.165, 1.54) is 33.0 Å². The van der Waals surface area contributed by atoms with Crippen LogP contribution in [0.3, 0.4) is 0 Å². The van der Waals surface area contributed by atoms with E-state index in [1.54, 1.807) is 0 Å². The summed E-state index contributed by atoms with van der Waals surface area (Å²) < 4.78 is 2.22. The third kappa shape index (κ3) is 3.68. The topological polar surface area (TPSA) is 59.4 Å². The van der Waals surface area contributed by atoms with E-state index in [9.17, 15) is 0 Å². The summed E-state index contributed by atoms with van der Waals surface area (Å²) in [6.07, 6.45) is 0. The Labute approximate surface area is 271 Å². The average Bonchev–Trinajstić information content (AvgIpc) is 3.74. The first kappa shape index (κ1) is 26.2. The minimum Gasteiger partial charge on any atom is -0.353 e. The van der Waals surface area contributed by atoms with Crippen molar-refractivity contribution < 1.29 is 0 Å². The number of fused-ring (bicyclic) bond motifs is 10. The molecule has 10 rings (SSSR count). The Bertz CT molecular complexity index is 2710. The first-order valence-corrected chi connectivity index (χ1v) is 16.1. The van der Waals surface area contributed by atoms with Crippen LogP contribution in [0.2, 0.25) is 0 Å². The second-order valence-corrected chi connectivity index (χ2v) is 13.0. The molecule has 1 N–H and O–H groups in total. The Morgan fingerprint density at radius 1 is 0.532 bits per heavy atom. The van der Waals surface area contributed by atoms with Crippen molar-refractivity contribution >= 4 is 43.6 Å². The summed E-state index contributed by atoms with van der Waals surface area (Å²) in [4.78, 5) is 19.3. The van der Waals surface area contributed by atoms with Crippen molar-refractivity contribution in [2.45, 2.75) is 19.3 Å². The van der Waals surface area contributed by atoms with E-state index in [0.717, 1.165) is 44.0 Å². The van der Waals surface area contributed by atoms with E-state index < -0.39 is 0 Å². The smallest absolute Gasteiger partial charge is 0.238 e. The summed E-state index contributed by atoms with van der Waals surface area (Å²) in [5.41, 5.74) is 11.3. The second kappa shape index (κ2) is 9.47. The van der Waals surface area contributed by atoms with E-state index in [2.05, 4.69) is 139 Å². The molecule has 3 aromatic heterocycles. The number of hydrogen-bond donors (Lipinski definition) is 1. The monoisotopic (exact) mass is 603 g/mol. The van der Waals surface area contributed by atoms with E-state index in [4.69, 9.17) is 15.0 Å². The van der Waals surface area contributed by atoms with Crippen LogP contribution in [0, 0.1) is 0 Å². The summed E-state index contributed by atoms with van der Waals surface area (Å²) in [7, 11) is 0. The Kier molecular flexibility index (Phi) is 5.28. The van der Waals surface area contributed by atoms with Gasteiger partial charge in [0, 0.05) is 43.6 Å². The number of aromatic nitrogens is 5. The molecule has 0 bridgehead atoms. The van der Waals surface area contributed by atoms with Crippen LogP contribution in [0.1, 0.15) is 25.0 Å². The summed E-state index contributed by atoms with van der Waals surface area (Å²) in [5, 5.41) is 4.68. The summed E-state index contributed by atoms with van der Waals surface area (Å²) >= 11 is 0. The molecule has 5 heteroatoms. The number of para-hydroxylation sites is 2. The van der Waals surface area contributed by atoms with E-state index in [1.807, 2.05) is 18.2 Å². The van der Waals surface area contributed by atoms with Crippen LogP contribution in [0.5, 0.6) is 0 Å². The van der Waals surface area contributed by atoms with Crippen molar-refractivity contribution in [2.75, 3.05) is 0 Å². The largest absolute Gasteiger partial charge is 0.353 e. The van der Waals surface area contributed by atoms with Gasteiger partial charge in [-0.25, -0.2) is 4.98 Å². The van der Waals surface area contributed by atoms with Gasteiger partial charge in [0.05, 0.1) is 16.6 Å². The Hall–Kier alpha value is -6.07. The molecule has 0 spiro atoms.